The van der Waals surface area contributed by atoms with E-state index in [1.165, 1.54) is 17.2 Å². The molecular formula is C21H19N9O3. The molecule has 0 bridgehead atoms. The van der Waals surface area contributed by atoms with E-state index in [9.17, 15) is 9.90 Å². The normalized spacial score (nSPS) is 12.1. The second-order valence-corrected chi connectivity index (χ2v) is 7.21. The van der Waals surface area contributed by atoms with Crippen molar-refractivity contribution in [3.05, 3.63) is 71.0 Å². The lowest BCUT2D eigenvalue weighted by atomic mass is 10.1. The molecule has 0 fully saturated rings. The fourth-order valence-corrected chi connectivity index (χ4v) is 3.44. The molecular weight excluding hydrogens is 426 g/mol. The molecule has 4 heterocycles. The van der Waals surface area contributed by atoms with E-state index in [0.717, 1.165) is 5.56 Å². The molecule has 1 aromatic carbocycles. The third-order valence-corrected chi connectivity index (χ3v) is 5.05. The maximum atomic E-state index is 11.9. The van der Waals surface area contributed by atoms with Crippen molar-refractivity contribution >= 4 is 28.5 Å². The topological polar surface area (TPSA) is 160 Å². The predicted octanol–water partition coefficient (Wildman–Crippen LogP) is 1.99. The SMILES string of the molecule is Cn1[nH]c(=O)c2cnc(Nc3cc(N[C@H](CO)c4ccccc4)c(-c4ncno4)cn3)nc21. The molecule has 4 aromatic heterocycles. The lowest BCUT2D eigenvalue weighted by Gasteiger charge is -2.20. The summed E-state index contributed by atoms with van der Waals surface area (Å²) in [6.45, 7) is -0.139. The summed E-state index contributed by atoms with van der Waals surface area (Å²) in [7, 11) is 1.69. The lowest BCUT2D eigenvalue weighted by molar-refractivity contribution is 0.276. The van der Waals surface area contributed by atoms with Gasteiger partial charge < -0.3 is 20.3 Å². The van der Waals surface area contributed by atoms with Gasteiger partial charge in [-0.2, -0.15) is 9.97 Å². The zero-order valence-corrected chi connectivity index (χ0v) is 17.4. The van der Waals surface area contributed by atoms with Crippen LogP contribution in [0.15, 0.2) is 64.4 Å². The molecule has 1 atom stereocenters. The van der Waals surface area contributed by atoms with Crippen LogP contribution in [0.3, 0.4) is 0 Å². The van der Waals surface area contributed by atoms with Gasteiger partial charge in [-0.05, 0) is 5.56 Å². The quantitative estimate of drug-likeness (QED) is 0.292. The largest absolute Gasteiger partial charge is 0.394 e. The highest BCUT2D eigenvalue weighted by atomic mass is 16.5. The van der Waals surface area contributed by atoms with Gasteiger partial charge in [0.05, 0.1) is 23.9 Å². The Bertz CT molecular complexity index is 1450. The number of anilines is 3. The average Bonchev–Trinajstić information content (AvgIpc) is 3.46. The molecule has 0 saturated heterocycles. The van der Waals surface area contributed by atoms with E-state index in [4.69, 9.17) is 4.52 Å². The van der Waals surface area contributed by atoms with Gasteiger partial charge in [0.2, 0.25) is 5.95 Å². The van der Waals surface area contributed by atoms with Gasteiger partial charge in [-0.1, -0.05) is 35.5 Å². The maximum absolute atomic E-state index is 11.9. The summed E-state index contributed by atoms with van der Waals surface area (Å²) in [6.07, 6.45) is 4.32. The van der Waals surface area contributed by atoms with Crippen molar-refractivity contribution in [1.82, 2.24) is 34.9 Å². The Morgan fingerprint density at radius 3 is 2.79 bits per heavy atom. The van der Waals surface area contributed by atoms with Crippen molar-refractivity contribution in [2.75, 3.05) is 17.2 Å². The highest BCUT2D eigenvalue weighted by Crippen LogP contribution is 2.31. The van der Waals surface area contributed by atoms with Crippen LogP contribution in [0.25, 0.3) is 22.5 Å². The second kappa shape index (κ2) is 8.51. The number of aliphatic hydroxyl groups is 1. The van der Waals surface area contributed by atoms with Crippen LogP contribution in [-0.2, 0) is 7.05 Å². The third-order valence-electron chi connectivity index (χ3n) is 5.05. The molecule has 0 saturated carbocycles. The summed E-state index contributed by atoms with van der Waals surface area (Å²) in [6, 6.07) is 10.9. The van der Waals surface area contributed by atoms with Gasteiger partial charge in [0.1, 0.15) is 11.2 Å². The molecule has 0 spiro atoms. The molecule has 0 aliphatic carbocycles. The van der Waals surface area contributed by atoms with Gasteiger partial charge in [-0.25, -0.2) is 9.97 Å². The smallest absolute Gasteiger partial charge is 0.275 e. The molecule has 5 aromatic rings. The molecule has 0 aliphatic rings. The van der Waals surface area contributed by atoms with Crippen molar-refractivity contribution in [3.63, 3.8) is 0 Å². The molecule has 4 N–H and O–H groups in total. The van der Waals surface area contributed by atoms with Crippen LogP contribution < -0.4 is 16.2 Å². The van der Waals surface area contributed by atoms with Crippen LogP contribution in [0.5, 0.6) is 0 Å². The summed E-state index contributed by atoms with van der Waals surface area (Å²) < 4.78 is 6.74. The minimum atomic E-state index is -0.384. The zero-order chi connectivity index (χ0) is 22.8. The Balaban J connectivity index is 1.50. The standard InChI is InChI=1S/C21H19N9O3/c1-30-18-14(19(32)29-30)9-23-21(28-18)27-17-7-15(13(8-22-17)20-24-11-25-33-20)26-16(10-31)12-5-3-2-4-6-12/h2-9,11,16,31H,10H2,1H3,(H,29,32)(H2,22,23,26,27,28)/t16-/m1/s1. The number of benzene rings is 1. The second-order valence-electron chi connectivity index (χ2n) is 7.21. The first-order valence-corrected chi connectivity index (χ1v) is 10.0. The first-order chi connectivity index (χ1) is 16.1. The van der Waals surface area contributed by atoms with Crippen molar-refractivity contribution in [1.29, 1.82) is 0 Å². The van der Waals surface area contributed by atoms with Crippen LogP contribution in [0.4, 0.5) is 17.5 Å². The lowest BCUT2D eigenvalue weighted by Crippen LogP contribution is -2.15. The van der Waals surface area contributed by atoms with Gasteiger partial charge in [0.15, 0.2) is 12.0 Å². The van der Waals surface area contributed by atoms with Gasteiger partial charge >= 0.3 is 0 Å². The molecule has 166 valence electrons. The number of pyridine rings is 1. The highest BCUT2D eigenvalue weighted by molar-refractivity contribution is 5.77. The number of aromatic amines is 1. The molecule has 33 heavy (non-hydrogen) atoms. The Morgan fingerprint density at radius 2 is 2.03 bits per heavy atom. The summed E-state index contributed by atoms with van der Waals surface area (Å²) in [5, 5.41) is 23.1. The maximum Gasteiger partial charge on any atom is 0.275 e. The molecule has 0 aliphatic heterocycles. The number of aryl methyl sites for hydroxylation is 1. The first-order valence-electron chi connectivity index (χ1n) is 10.0. The number of nitrogens with one attached hydrogen (secondary N) is 3. The van der Waals surface area contributed by atoms with E-state index >= 15 is 0 Å². The molecule has 12 nitrogen and oxygen atoms in total. The van der Waals surface area contributed by atoms with E-state index in [1.807, 2.05) is 30.3 Å². The first kappa shape index (κ1) is 20.3. The van der Waals surface area contributed by atoms with Crippen LogP contribution in [0.2, 0.25) is 0 Å². The van der Waals surface area contributed by atoms with E-state index in [0.29, 0.717) is 28.1 Å². The summed E-state index contributed by atoms with van der Waals surface area (Å²) in [4.78, 5) is 29.0. The van der Waals surface area contributed by atoms with Gasteiger partial charge in [-0.3, -0.25) is 14.6 Å². The summed E-state index contributed by atoms with van der Waals surface area (Å²) in [5.74, 6) is 0.981. The van der Waals surface area contributed by atoms with Crippen molar-refractivity contribution in [2.24, 2.45) is 7.05 Å². The van der Waals surface area contributed by atoms with E-state index in [2.05, 4.69) is 40.8 Å². The van der Waals surface area contributed by atoms with Crippen molar-refractivity contribution in [3.8, 4) is 11.5 Å². The monoisotopic (exact) mass is 445 g/mol. The van der Waals surface area contributed by atoms with Crippen molar-refractivity contribution < 1.29 is 9.63 Å². The zero-order valence-electron chi connectivity index (χ0n) is 17.4. The number of H-pyrrole nitrogens is 1. The Morgan fingerprint density at radius 1 is 1.18 bits per heavy atom. The minimum absolute atomic E-state index is 0.139. The fourth-order valence-electron chi connectivity index (χ4n) is 3.44. The molecule has 5 rings (SSSR count). The number of nitrogens with zero attached hydrogens (tertiary/aromatic N) is 6. The predicted molar refractivity (Wildman–Crippen MR) is 120 cm³/mol. The number of hydrogen-bond acceptors (Lipinski definition) is 10. The highest BCUT2D eigenvalue weighted by Gasteiger charge is 2.18. The molecule has 0 amide bonds. The van der Waals surface area contributed by atoms with Crippen molar-refractivity contribution in [2.45, 2.75) is 6.04 Å². The number of aliphatic hydroxyl groups excluding tert-OH is 1. The van der Waals surface area contributed by atoms with Crippen LogP contribution in [0, 0.1) is 0 Å². The molecule has 12 heteroatoms. The minimum Gasteiger partial charge on any atom is -0.394 e. The van der Waals surface area contributed by atoms with Gasteiger partial charge in [0.25, 0.3) is 11.4 Å². The van der Waals surface area contributed by atoms with E-state index in [1.54, 1.807) is 19.3 Å². The number of aromatic nitrogens is 7. The average molecular weight is 445 g/mol. The van der Waals surface area contributed by atoms with Crippen LogP contribution >= 0.6 is 0 Å². The third kappa shape index (κ3) is 4.02. The Hall–Kier alpha value is -4.58. The van der Waals surface area contributed by atoms with Crippen LogP contribution in [-0.4, -0.2) is 46.6 Å². The van der Waals surface area contributed by atoms with Gasteiger partial charge in [-0.15, -0.1) is 0 Å². The van der Waals surface area contributed by atoms with Gasteiger partial charge in [0, 0.05) is 25.5 Å². The van der Waals surface area contributed by atoms with E-state index < -0.39 is 0 Å². The Labute approximate surface area is 186 Å². The number of hydrogen-bond donors (Lipinski definition) is 4. The summed E-state index contributed by atoms with van der Waals surface area (Å²) >= 11 is 0. The van der Waals surface area contributed by atoms with E-state index in [-0.39, 0.29) is 30.0 Å². The summed E-state index contributed by atoms with van der Waals surface area (Å²) in [5.41, 5.74) is 2.28. The number of fused-ring (bicyclic) bond motifs is 1. The van der Waals surface area contributed by atoms with Crippen LogP contribution in [0.1, 0.15) is 11.6 Å². The fraction of sp³-hybridized carbons (Fsp3) is 0.143. The number of rotatable bonds is 7. The molecule has 0 radical (unpaired) electrons. The molecule has 0 unspecified atom stereocenters. The Kier molecular flexibility index (Phi) is 5.24.